The van der Waals surface area contributed by atoms with Gasteiger partial charge in [0.15, 0.2) is 25.2 Å². The molecule has 68 heavy (non-hydrogen) atoms. The first-order chi connectivity index (χ1) is 32.2. The van der Waals surface area contributed by atoms with E-state index < -0.39 is 152 Å². The monoisotopic (exact) mass is 977 g/mol. The van der Waals surface area contributed by atoms with Gasteiger partial charge in [-0.25, -0.2) is 0 Å². The number of fused-ring (bicyclic) bond motifs is 5. The van der Waals surface area contributed by atoms with Crippen LogP contribution in [0.5, 0.6) is 0 Å². The van der Waals surface area contributed by atoms with Crippen LogP contribution in [0.1, 0.15) is 92.9 Å². The van der Waals surface area contributed by atoms with Crippen LogP contribution in [0.3, 0.4) is 0 Å². The third kappa shape index (κ3) is 9.09. The zero-order valence-corrected chi connectivity index (χ0v) is 40.9. The van der Waals surface area contributed by atoms with E-state index in [0.717, 1.165) is 5.57 Å². The van der Waals surface area contributed by atoms with E-state index in [1.54, 1.807) is 35.0 Å². The van der Waals surface area contributed by atoms with Crippen LogP contribution in [0.15, 0.2) is 11.6 Å². The molecule has 0 bridgehead atoms. The van der Waals surface area contributed by atoms with Gasteiger partial charge >= 0.3 is 0 Å². The van der Waals surface area contributed by atoms with Crippen LogP contribution in [-0.2, 0) is 52.1 Å². The van der Waals surface area contributed by atoms with Crippen molar-refractivity contribution in [2.45, 2.75) is 234 Å². The van der Waals surface area contributed by atoms with Crippen molar-refractivity contribution >= 4 is 0 Å². The minimum absolute atomic E-state index is 0.167. The van der Waals surface area contributed by atoms with E-state index in [-0.39, 0.29) is 30.3 Å². The van der Waals surface area contributed by atoms with Gasteiger partial charge in [0.2, 0.25) is 0 Å². The molecule has 28 atom stereocenters. The van der Waals surface area contributed by atoms with Crippen molar-refractivity contribution in [3.8, 4) is 0 Å². The van der Waals surface area contributed by atoms with Crippen molar-refractivity contribution < 1.29 is 98.1 Å². The van der Waals surface area contributed by atoms with Crippen molar-refractivity contribution in [1.82, 2.24) is 0 Å². The van der Waals surface area contributed by atoms with Crippen molar-refractivity contribution in [1.29, 1.82) is 0 Å². The lowest BCUT2D eigenvalue weighted by molar-refractivity contribution is -0.373. The Hall–Kier alpha value is -1.06. The first-order valence-corrected chi connectivity index (χ1v) is 24.8. The van der Waals surface area contributed by atoms with E-state index in [1.165, 1.54) is 7.11 Å². The average molecular weight is 977 g/mol. The Balaban J connectivity index is 0.854. The van der Waals surface area contributed by atoms with Crippen molar-refractivity contribution in [3.63, 3.8) is 0 Å². The molecule has 4 aliphatic carbocycles. The number of ether oxygens (including phenoxy) is 11. The number of aliphatic hydroxyl groups is 9. The number of methoxy groups -OCH3 is 3. The highest BCUT2D eigenvalue weighted by atomic mass is 16.8. The zero-order valence-electron chi connectivity index (χ0n) is 40.9. The first kappa shape index (κ1) is 53.2. The van der Waals surface area contributed by atoms with Gasteiger partial charge in [-0.15, -0.1) is 0 Å². The van der Waals surface area contributed by atoms with Crippen LogP contribution < -0.4 is 0 Å². The summed E-state index contributed by atoms with van der Waals surface area (Å²) < 4.78 is 67.7. The number of rotatable bonds is 13. The topological polar surface area (TPSA) is 284 Å². The number of aliphatic hydroxyl groups excluding tert-OH is 8. The van der Waals surface area contributed by atoms with Gasteiger partial charge in [0.1, 0.15) is 54.9 Å². The van der Waals surface area contributed by atoms with Crippen LogP contribution in [0.25, 0.3) is 0 Å². The molecular formula is C48H80O20. The molecule has 9 N–H and O–H groups in total. The number of allylic oxidation sites excluding steroid dienone is 1. The summed E-state index contributed by atoms with van der Waals surface area (Å²) in [7, 11) is 4.54. The summed E-state index contributed by atoms with van der Waals surface area (Å²) in [6, 6.07) is 0. The predicted molar refractivity (Wildman–Crippen MR) is 235 cm³/mol. The normalized spacial score (nSPS) is 54.6. The second-order valence-corrected chi connectivity index (χ2v) is 21.5. The summed E-state index contributed by atoms with van der Waals surface area (Å²) in [5, 5.41) is 98.9. The minimum atomic E-state index is -1.67. The van der Waals surface area contributed by atoms with Gasteiger partial charge in [-0.05, 0) is 83.5 Å². The Morgan fingerprint density at radius 1 is 0.676 bits per heavy atom. The molecule has 3 saturated carbocycles. The first-order valence-electron chi connectivity index (χ1n) is 24.8. The van der Waals surface area contributed by atoms with E-state index in [1.807, 2.05) is 13.8 Å². The molecule has 7 fully saturated rings. The maximum absolute atomic E-state index is 12.4. The second kappa shape index (κ2) is 20.7. The van der Waals surface area contributed by atoms with Crippen LogP contribution >= 0.6 is 0 Å². The largest absolute Gasteiger partial charge is 0.394 e. The molecule has 4 saturated heterocycles. The van der Waals surface area contributed by atoms with E-state index in [4.69, 9.17) is 52.1 Å². The molecular weight excluding hydrogens is 897 g/mol. The Labute approximate surface area is 399 Å². The van der Waals surface area contributed by atoms with E-state index in [2.05, 4.69) is 13.0 Å². The summed E-state index contributed by atoms with van der Waals surface area (Å²) >= 11 is 0. The highest BCUT2D eigenvalue weighted by Crippen LogP contribution is 2.68. The van der Waals surface area contributed by atoms with Gasteiger partial charge in [-0.2, -0.15) is 0 Å². The third-order valence-electron chi connectivity index (χ3n) is 17.9. The number of hydrogen-bond acceptors (Lipinski definition) is 20. The fraction of sp³-hybridized carbons (Fsp3) is 0.958. The van der Waals surface area contributed by atoms with Crippen molar-refractivity contribution in [2.75, 3.05) is 27.9 Å². The van der Waals surface area contributed by atoms with Crippen LogP contribution in [0.4, 0.5) is 0 Å². The molecule has 20 nitrogen and oxygen atoms in total. The van der Waals surface area contributed by atoms with Gasteiger partial charge in [0, 0.05) is 45.5 Å². The molecule has 0 radical (unpaired) electrons. The van der Waals surface area contributed by atoms with Gasteiger partial charge in [0.05, 0.1) is 67.1 Å². The predicted octanol–water partition coefficient (Wildman–Crippen LogP) is -0.236. The fourth-order valence-electron chi connectivity index (χ4n) is 14.1. The van der Waals surface area contributed by atoms with E-state index in [0.29, 0.717) is 44.9 Å². The molecule has 0 unspecified atom stereocenters. The molecule has 0 aromatic rings. The van der Waals surface area contributed by atoms with Crippen molar-refractivity contribution in [3.05, 3.63) is 11.6 Å². The SMILES string of the molecule is CO[C@H]1[C@H](O)[C@@H](O[C@@H]2[C@@H](C)O[C@@H](O[C@@H]3[C@@H](C)O[C@@H](O[C@@H]4CC[C@@]5(C)C(=CC[C@H]6[C@H]5[C@@H](O)[C@H](O)[C@@]5(C)[C@@H]([C@H](C)O)CC[C@@]65O)C4)C[C@H]3OC)C[C@H]2OC)O[C@@H](C)[C@@H]1O[C@H]1O[C@@H](CO)[C@H](O)[C@@H](O)[C@@H]1O. The lowest BCUT2D eigenvalue weighted by Crippen LogP contribution is -2.71. The summed E-state index contributed by atoms with van der Waals surface area (Å²) in [5.74, 6) is -0.925. The smallest absolute Gasteiger partial charge is 0.187 e. The standard InChI is InChI=1S/C48H80O20/c1-20(50)26-13-15-48(57)27-11-10-24-16-25(12-14-46(24,5)33(27)35(52)43(56)47(26,48)6)64-31-17-28(58-7)39(21(2)61-31)66-32-18-29(59-8)40(22(3)62-32)67-45-38(55)42(60-9)41(23(4)63-45)68-44-37(54)36(53)34(51)30(19-49)65-44/h10,20-23,25-45,49-57H,11-19H2,1-9H3/t20-,21+,22+,23-,25+,26+,27-,28+,29+,30-,31-,32-,33-,34-,35+,36+,37-,38-,39+,40+,41-,42-,43-,44+,45+,46-,47+,48+/m0/s1. The average Bonchev–Trinajstić information content (AvgIpc) is 3.60. The Morgan fingerprint density at radius 3 is 1.87 bits per heavy atom. The molecule has 8 aliphatic rings. The molecule has 4 aliphatic heterocycles. The molecule has 0 spiro atoms. The quantitative estimate of drug-likeness (QED) is 0.108. The van der Waals surface area contributed by atoms with Gasteiger partial charge in [-0.1, -0.05) is 25.5 Å². The molecule has 0 amide bonds. The molecule has 392 valence electrons. The van der Waals surface area contributed by atoms with Crippen LogP contribution in [0, 0.1) is 28.6 Å². The molecule has 8 rings (SSSR count). The molecule has 0 aromatic carbocycles. The Bertz CT molecular complexity index is 1720. The highest BCUT2D eigenvalue weighted by Gasteiger charge is 2.73. The molecule has 0 aromatic heterocycles. The Kier molecular flexibility index (Phi) is 16.2. The summed E-state index contributed by atoms with van der Waals surface area (Å²) in [4.78, 5) is 0. The van der Waals surface area contributed by atoms with E-state index in [9.17, 15) is 46.0 Å². The molecule has 4 heterocycles. The fourth-order valence-corrected chi connectivity index (χ4v) is 14.1. The highest BCUT2D eigenvalue weighted by molar-refractivity contribution is 5.31. The number of hydrogen-bond donors (Lipinski definition) is 9. The van der Waals surface area contributed by atoms with Gasteiger partial charge in [-0.3, -0.25) is 0 Å². The lowest BCUT2D eigenvalue weighted by atomic mass is 9.44. The summed E-state index contributed by atoms with van der Waals surface area (Å²) in [6.07, 6.45) is -14.3. The minimum Gasteiger partial charge on any atom is -0.394 e. The summed E-state index contributed by atoms with van der Waals surface area (Å²) in [5.41, 5.74) is -1.54. The lowest BCUT2D eigenvalue weighted by Gasteiger charge is -2.64. The summed E-state index contributed by atoms with van der Waals surface area (Å²) in [6.45, 7) is 10.4. The van der Waals surface area contributed by atoms with Crippen molar-refractivity contribution in [2.24, 2.45) is 28.6 Å². The molecule has 20 heteroatoms. The van der Waals surface area contributed by atoms with Gasteiger partial charge in [0.25, 0.3) is 0 Å². The van der Waals surface area contributed by atoms with Gasteiger partial charge < -0.3 is 98.1 Å². The maximum atomic E-state index is 12.4. The maximum Gasteiger partial charge on any atom is 0.187 e. The second-order valence-electron chi connectivity index (χ2n) is 21.5. The van der Waals surface area contributed by atoms with E-state index >= 15 is 0 Å². The third-order valence-corrected chi connectivity index (χ3v) is 17.9. The Morgan fingerprint density at radius 2 is 1.26 bits per heavy atom. The van der Waals surface area contributed by atoms with Crippen LogP contribution in [0.2, 0.25) is 0 Å². The van der Waals surface area contributed by atoms with Crippen LogP contribution in [-0.4, -0.2) is 215 Å². The zero-order chi connectivity index (χ0) is 49.4.